The van der Waals surface area contributed by atoms with Crippen LogP contribution in [0.25, 0.3) is 0 Å². The van der Waals surface area contributed by atoms with Gasteiger partial charge in [0.1, 0.15) is 6.54 Å². The third-order valence-electron chi connectivity index (χ3n) is 3.54. The summed E-state index contributed by atoms with van der Waals surface area (Å²) in [7, 11) is 2.04. The number of aromatic amines is 1. The number of H-pyrrole nitrogens is 1. The Bertz CT molecular complexity index is 767. The van der Waals surface area contributed by atoms with E-state index >= 15 is 0 Å². The highest BCUT2D eigenvalue weighted by molar-refractivity contribution is 5.75. The molecule has 2 N–H and O–H groups in total. The molecule has 0 fully saturated rings. The van der Waals surface area contributed by atoms with Crippen molar-refractivity contribution < 1.29 is 4.79 Å². The number of aromatic nitrogens is 2. The Hall–Kier alpha value is -2.67. The fraction of sp³-hybridized carbons (Fsp3) is 0.353. The van der Waals surface area contributed by atoms with Gasteiger partial charge >= 0.3 is 5.69 Å². The summed E-state index contributed by atoms with van der Waals surface area (Å²) in [5.74, 6) is -0.255. The molecular formula is C17H22N4O3. The van der Waals surface area contributed by atoms with Gasteiger partial charge in [-0.1, -0.05) is 30.3 Å². The molecule has 0 atom stereocenters. The van der Waals surface area contributed by atoms with Crippen molar-refractivity contribution in [3.8, 4) is 0 Å². The van der Waals surface area contributed by atoms with Crippen LogP contribution >= 0.6 is 0 Å². The molecule has 0 unspecified atom stereocenters. The smallest absolute Gasteiger partial charge is 0.328 e. The SMILES string of the molecule is CN(CCCNC(=O)Cn1ccc(=O)[nH]c1=O)Cc1ccccc1. The quantitative estimate of drug-likeness (QED) is 0.676. The van der Waals surface area contributed by atoms with Crippen LogP contribution in [-0.4, -0.2) is 40.5 Å². The number of hydrogen-bond acceptors (Lipinski definition) is 4. The maximum Gasteiger partial charge on any atom is 0.328 e. The standard InChI is InChI=1S/C17H22N4O3/c1-20(12-14-6-3-2-4-7-14)10-5-9-18-16(23)13-21-11-8-15(22)19-17(21)24/h2-4,6-8,11H,5,9-10,12-13H2,1H3,(H,18,23)(H,19,22,24). The zero-order valence-corrected chi connectivity index (χ0v) is 13.7. The molecule has 0 saturated heterocycles. The van der Waals surface area contributed by atoms with E-state index in [1.54, 1.807) is 0 Å². The molecule has 2 rings (SSSR count). The number of nitrogens with zero attached hydrogens (tertiary/aromatic N) is 2. The zero-order chi connectivity index (χ0) is 17.4. The Balaban J connectivity index is 1.67. The average molecular weight is 330 g/mol. The highest BCUT2D eigenvalue weighted by Gasteiger charge is 2.05. The zero-order valence-electron chi connectivity index (χ0n) is 13.7. The lowest BCUT2D eigenvalue weighted by Crippen LogP contribution is -2.36. The van der Waals surface area contributed by atoms with Crippen molar-refractivity contribution in [3.05, 3.63) is 69.0 Å². The van der Waals surface area contributed by atoms with Crippen LogP contribution in [0.3, 0.4) is 0 Å². The Morgan fingerprint density at radius 3 is 2.67 bits per heavy atom. The van der Waals surface area contributed by atoms with E-state index in [0.717, 1.165) is 24.1 Å². The monoisotopic (exact) mass is 330 g/mol. The summed E-state index contributed by atoms with van der Waals surface area (Å²) in [5.41, 5.74) is 0.194. The van der Waals surface area contributed by atoms with Gasteiger partial charge in [-0.05, 0) is 25.6 Å². The van der Waals surface area contributed by atoms with E-state index in [0.29, 0.717) is 6.54 Å². The average Bonchev–Trinajstić information content (AvgIpc) is 2.55. The number of nitrogens with one attached hydrogen (secondary N) is 2. The molecule has 128 valence electrons. The van der Waals surface area contributed by atoms with Crippen molar-refractivity contribution in [1.82, 2.24) is 19.8 Å². The van der Waals surface area contributed by atoms with Crippen LogP contribution < -0.4 is 16.6 Å². The number of rotatable bonds is 8. The Morgan fingerprint density at radius 2 is 1.96 bits per heavy atom. The molecule has 24 heavy (non-hydrogen) atoms. The van der Waals surface area contributed by atoms with Crippen LogP contribution in [0, 0.1) is 0 Å². The van der Waals surface area contributed by atoms with E-state index in [1.807, 2.05) is 25.2 Å². The molecule has 1 amide bonds. The molecule has 0 spiro atoms. The highest BCUT2D eigenvalue weighted by atomic mass is 16.2. The van der Waals surface area contributed by atoms with Crippen molar-refractivity contribution >= 4 is 5.91 Å². The molecule has 0 aliphatic heterocycles. The summed E-state index contributed by atoms with van der Waals surface area (Å²) in [6.07, 6.45) is 2.13. The second kappa shape index (κ2) is 8.83. The van der Waals surface area contributed by atoms with Gasteiger partial charge in [0.25, 0.3) is 5.56 Å². The first-order valence-electron chi connectivity index (χ1n) is 7.83. The summed E-state index contributed by atoms with van der Waals surface area (Å²) >= 11 is 0. The number of carbonyl (C=O) groups excluding carboxylic acids is 1. The lowest BCUT2D eigenvalue weighted by molar-refractivity contribution is -0.121. The van der Waals surface area contributed by atoms with E-state index < -0.39 is 11.2 Å². The van der Waals surface area contributed by atoms with Crippen molar-refractivity contribution in [2.45, 2.75) is 19.5 Å². The van der Waals surface area contributed by atoms with Crippen molar-refractivity contribution in [3.63, 3.8) is 0 Å². The topological polar surface area (TPSA) is 87.2 Å². The van der Waals surface area contributed by atoms with Gasteiger partial charge in [0.15, 0.2) is 0 Å². The van der Waals surface area contributed by atoms with Crippen LogP contribution in [0.4, 0.5) is 0 Å². The molecule has 0 saturated carbocycles. The molecule has 0 aliphatic rings. The van der Waals surface area contributed by atoms with E-state index in [9.17, 15) is 14.4 Å². The normalized spacial score (nSPS) is 10.8. The molecule has 0 aliphatic carbocycles. The molecule has 7 heteroatoms. The number of hydrogen-bond donors (Lipinski definition) is 2. The first kappa shape index (κ1) is 17.7. The lowest BCUT2D eigenvalue weighted by atomic mass is 10.2. The Morgan fingerprint density at radius 1 is 1.21 bits per heavy atom. The molecule has 7 nitrogen and oxygen atoms in total. The van der Waals surface area contributed by atoms with Crippen LogP contribution in [0.2, 0.25) is 0 Å². The third kappa shape index (κ3) is 5.85. The van der Waals surface area contributed by atoms with Crippen LogP contribution in [0.15, 0.2) is 52.2 Å². The van der Waals surface area contributed by atoms with Crippen LogP contribution in [-0.2, 0) is 17.9 Å². The second-order valence-corrected chi connectivity index (χ2v) is 5.66. The summed E-state index contributed by atoms with van der Waals surface area (Å²) < 4.78 is 1.16. The molecule has 1 heterocycles. The maximum atomic E-state index is 11.8. The summed E-state index contributed by atoms with van der Waals surface area (Å²) in [4.78, 5) is 38.6. The molecular weight excluding hydrogens is 308 g/mol. The number of benzene rings is 1. The first-order valence-corrected chi connectivity index (χ1v) is 7.83. The van der Waals surface area contributed by atoms with Crippen molar-refractivity contribution in [2.24, 2.45) is 0 Å². The Kier molecular flexibility index (Phi) is 6.51. The van der Waals surface area contributed by atoms with Crippen LogP contribution in [0.1, 0.15) is 12.0 Å². The minimum Gasteiger partial charge on any atom is -0.354 e. The first-order chi connectivity index (χ1) is 11.5. The minimum absolute atomic E-state index is 0.102. The van der Waals surface area contributed by atoms with Gasteiger partial charge in [-0.3, -0.25) is 19.1 Å². The molecule has 0 bridgehead atoms. The van der Waals surface area contributed by atoms with Gasteiger partial charge in [-0.15, -0.1) is 0 Å². The van der Waals surface area contributed by atoms with Gasteiger partial charge in [0.05, 0.1) is 0 Å². The minimum atomic E-state index is -0.583. The van der Waals surface area contributed by atoms with Crippen molar-refractivity contribution in [1.29, 1.82) is 0 Å². The molecule has 0 radical (unpaired) electrons. The summed E-state index contributed by atoms with van der Waals surface area (Å²) in [6, 6.07) is 11.4. The summed E-state index contributed by atoms with van der Waals surface area (Å²) in [5, 5.41) is 2.77. The lowest BCUT2D eigenvalue weighted by Gasteiger charge is -2.16. The summed E-state index contributed by atoms with van der Waals surface area (Å²) in [6.45, 7) is 2.15. The molecule has 1 aromatic heterocycles. The second-order valence-electron chi connectivity index (χ2n) is 5.66. The third-order valence-corrected chi connectivity index (χ3v) is 3.54. The Labute approximate surface area is 139 Å². The van der Waals surface area contributed by atoms with Gasteiger partial charge < -0.3 is 10.2 Å². The fourth-order valence-corrected chi connectivity index (χ4v) is 2.33. The van der Waals surface area contributed by atoms with E-state index in [-0.39, 0.29) is 12.5 Å². The highest BCUT2D eigenvalue weighted by Crippen LogP contribution is 2.02. The van der Waals surface area contributed by atoms with Crippen molar-refractivity contribution in [2.75, 3.05) is 20.1 Å². The number of amides is 1. The predicted octanol–water partition coefficient (Wildman–Crippen LogP) is 0.175. The van der Waals surface area contributed by atoms with E-state index in [4.69, 9.17) is 0 Å². The van der Waals surface area contributed by atoms with Gasteiger partial charge in [0.2, 0.25) is 5.91 Å². The van der Waals surface area contributed by atoms with Crippen LogP contribution in [0.5, 0.6) is 0 Å². The largest absolute Gasteiger partial charge is 0.354 e. The molecule has 2 aromatic rings. The van der Waals surface area contributed by atoms with E-state index in [1.165, 1.54) is 17.8 Å². The van der Waals surface area contributed by atoms with Gasteiger partial charge in [-0.2, -0.15) is 0 Å². The van der Waals surface area contributed by atoms with E-state index in [2.05, 4.69) is 27.3 Å². The van der Waals surface area contributed by atoms with Gasteiger partial charge in [-0.25, -0.2) is 4.79 Å². The maximum absolute atomic E-state index is 11.8. The predicted molar refractivity (Wildman–Crippen MR) is 91.7 cm³/mol. The van der Waals surface area contributed by atoms with Gasteiger partial charge in [0, 0.05) is 25.4 Å². The fourth-order valence-electron chi connectivity index (χ4n) is 2.33. The molecule has 1 aromatic carbocycles. The number of carbonyl (C=O) groups is 1.